The summed E-state index contributed by atoms with van der Waals surface area (Å²) in [4.78, 5) is 18.1. The predicted octanol–water partition coefficient (Wildman–Crippen LogP) is 8.22. The van der Waals surface area contributed by atoms with Gasteiger partial charge >= 0.3 is 6.03 Å². The third-order valence-corrected chi connectivity index (χ3v) is 12.4. The zero-order valence-electron chi connectivity index (χ0n) is 25.2. The predicted molar refractivity (Wildman–Crippen MR) is 178 cm³/mol. The van der Waals surface area contributed by atoms with E-state index in [4.69, 9.17) is 14.5 Å². The smallest absolute Gasteiger partial charge is 0.319 e. The summed E-state index contributed by atoms with van der Waals surface area (Å²) in [5.41, 5.74) is 4.51. The molecule has 0 radical (unpaired) electrons. The normalized spacial score (nSPS) is 30.4. The fourth-order valence-electron chi connectivity index (χ4n) is 8.53. The van der Waals surface area contributed by atoms with Crippen molar-refractivity contribution in [1.82, 2.24) is 10.3 Å². The van der Waals surface area contributed by atoms with E-state index < -0.39 is 6.29 Å². The Labute approximate surface area is 272 Å². The number of aromatic nitrogens is 1. The first-order chi connectivity index (χ1) is 22.0. The molecule has 2 heterocycles. The molecule has 1 aromatic heterocycles. The van der Waals surface area contributed by atoms with E-state index in [0.717, 1.165) is 75.0 Å². The van der Waals surface area contributed by atoms with E-state index in [1.54, 1.807) is 23.1 Å². The number of ether oxygens (including phenoxy) is 2. The van der Waals surface area contributed by atoms with Gasteiger partial charge in [-0.25, -0.2) is 9.78 Å². The van der Waals surface area contributed by atoms with Crippen LogP contribution in [0.4, 0.5) is 10.5 Å². The molecule has 3 N–H and O–H groups in total. The van der Waals surface area contributed by atoms with Crippen LogP contribution >= 0.6 is 23.1 Å². The number of thioether (sulfide) groups is 1. The van der Waals surface area contributed by atoms with Gasteiger partial charge in [-0.15, -0.1) is 11.3 Å². The van der Waals surface area contributed by atoms with Crippen molar-refractivity contribution < 1.29 is 19.4 Å². The molecule has 234 valence electrons. The maximum absolute atomic E-state index is 13.3. The van der Waals surface area contributed by atoms with Gasteiger partial charge in [0.25, 0.3) is 0 Å². The number of rotatable bonds is 8. The van der Waals surface area contributed by atoms with Crippen LogP contribution < -0.4 is 10.6 Å². The van der Waals surface area contributed by atoms with Gasteiger partial charge in [-0.3, -0.25) is 0 Å². The lowest BCUT2D eigenvalue weighted by atomic mass is 9.53. The molecule has 3 aromatic carbocycles. The van der Waals surface area contributed by atoms with Crippen molar-refractivity contribution in [3.8, 4) is 0 Å². The SMILES string of the molecule is O=C(Nc1cccc(C2OC(CSc3nc4ccccc4s3)CC(c3ccc(CO)cc3)O2)c1)NC12CC3CC(CC(C3)C1)C2. The molecule has 7 nitrogen and oxygen atoms in total. The first-order valence-corrected chi connectivity index (χ1v) is 18.0. The number of nitrogens with one attached hydrogen (secondary N) is 2. The summed E-state index contributed by atoms with van der Waals surface area (Å²) in [6.07, 6.45) is 7.27. The number of anilines is 1. The molecule has 1 aliphatic heterocycles. The monoisotopic (exact) mass is 641 g/mol. The molecule has 9 heteroatoms. The van der Waals surface area contributed by atoms with Crippen molar-refractivity contribution in [3.05, 3.63) is 89.5 Å². The van der Waals surface area contributed by atoms with Crippen molar-refractivity contribution >= 4 is 45.0 Å². The molecule has 0 spiro atoms. The number of para-hydroxylation sites is 1. The molecule has 9 rings (SSSR count). The Morgan fingerprint density at radius 1 is 0.911 bits per heavy atom. The summed E-state index contributed by atoms with van der Waals surface area (Å²) in [7, 11) is 0. The van der Waals surface area contributed by atoms with Gasteiger partial charge in [0, 0.05) is 29.0 Å². The molecule has 4 aliphatic carbocycles. The Kier molecular flexibility index (Phi) is 8.08. The van der Waals surface area contributed by atoms with Gasteiger partial charge in [-0.1, -0.05) is 60.3 Å². The molecule has 3 atom stereocenters. The first-order valence-electron chi connectivity index (χ1n) is 16.2. The molecule has 1 saturated heterocycles. The number of hydrogen-bond acceptors (Lipinski definition) is 7. The average Bonchev–Trinajstić information content (AvgIpc) is 3.46. The van der Waals surface area contributed by atoms with Crippen molar-refractivity contribution in [2.24, 2.45) is 17.8 Å². The zero-order chi connectivity index (χ0) is 30.4. The number of nitrogens with zero attached hydrogens (tertiary/aromatic N) is 1. The molecule has 45 heavy (non-hydrogen) atoms. The second-order valence-electron chi connectivity index (χ2n) is 13.5. The number of thiazole rings is 1. The first kappa shape index (κ1) is 29.5. The molecule has 4 aromatic rings. The topological polar surface area (TPSA) is 92.7 Å². The Hall–Kier alpha value is -2.95. The van der Waals surface area contributed by atoms with Crippen molar-refractivity contribution in [2.45, 2.75) is 79.9 Å². The minimum absolute atomic E-state index is 0.00913. The van der Waals surface area contributed by atoms with Gasteiger partial charge in [0.15, 0.2) is 10.6 Å². The van der Waals surface area contributed by atoms with Crippen LogP contribution in [-0.4, -0.2) is 33.5 Å². The van der Waals surface area contributed by atoms with Crippen LogP contribution in [0, 0.1) is 17.8 Å². The summed E-state index contributed by atoms with van der Waals surface area (Å²) < 4.78 is 15.4. The summed E-state index contributed by atoms with van der Waals surface area (Å²) in [6, 6.07) is 23.9. The number of carbonyl (C=O) groups excluding carboxylic acids is 1. The highest BCUT2D eigenvalue weighted by molar-refractivity contribution is 8.01. The minimum Gasteiger partial charge on any atom is -0.392 e. The highest BCUT2D eigenvalue weighted by Gasteiger charge is 2.51. The highest BCUT2D eigenvalue weighted by atomic mass is 32.2. The maximum atomic E-state index is 13.3. The Morgan fingerprint density at radius 2 is 1.67 bits per heavy atom. The second kappa shape index (κ2) is 12.3. The standard InChI is InChI=1S/C36H39N3O4S2/c40-20-22-8-10-26(11-9-22)31-16-29(21-44-35-38-30-6-1-2-7-32(30)45-35)42-33(43-31)27-4-3-5-28(15-27)37-34(41)39-36-17-23-12-24(18-36)14-25(13-23)19-36/h1-11,15,23-25,29,31,33,40H,12-14,16-21H2,(H2,37,39,41). The van der Waals surface area contributed by atoms with Gasteiger partial charge in [0.1, 0.15) is 0 Å². The second-order valence-corrected chi connectivity index (χ2v) is 15.8. The van der Waals surface area contributed by atoms with E-state index >= 15 is 0 Å². The minimum atomic E-state index is -0.588. The van der Waals surface area contributed by atoms with Crippen LogP contribution in [-0.2, 0) is 16.1 Å². The van der Waals surface area contributed by atoms with Gasteiger partial charge in [-0.05, 0) is 91.7 Å². The van der Waals surface area contributed by atoms with Gasteiger partial charge in [0.2, 0.25) is 0 Å². The molecular formula is C36H39N3O4S2. The van der Waals surface area contributed by atoms with E-state index in [1.165, 1.54) is 24.0 Å². The van der Waals surface area contributed by atoms with E-state index in [1.807, 2.05) is 66.7 Å². The average molecular weight is 642 g/mol. The van der Waals surface area contributed by atoms with E-state index in [9.17, 15) is 9.90 Å². The maximum Gasteiger partial charge on any atom is 0.319 e. The Morgan fingerprint density at radius 3 is 2.40 bits per heavy atom. The third-order valence-electron chi connectivity index (χ3n) is 10.1. The van der Waals surface area contributed by atoms with E-state index in [0.29, 0.717) is 6.42 Å². The molecule has 5 fully saturated rings. The number of carbonyl (C=O) groups is 1. The lowest BCUT2D eigenvalue weighted by Crippen LogP contribution is -2.60. The summed E-state index contributed by atoms with van der Waals surface area (Å²) in [5, 5.41) is 16.1. The van der Waals surface area contributed by atoms with Crippen LogP contribution in [0.25, 0.3) is 10.2 Å². The van der Waals surface area contributed by atoms with Crippen molar-refractivity contribution in [2.75, 3.05) is 11.1 Å². The third kappa shape index (κ3) is 6.38. The number of urea groups is 1. The van der Waals surface area contributed by atoms with E-state index in [2.05, 4.69) is 16.7 Å². The largest absolute Gasteiger partial charge is 0.392 e. The van der Waals surface area contributed by atoms with Crippen LogP contribution in [0.1, 0.15) is 74.0 Å². The number of amides is 2. The van der Waals surface area contributed by atoms with Crippen molar-refractivity contribution in [1.29, 1.82) is 0 Å². The molecule has 3 unspecified atom stereocenters. The Bertz CT molecular complexity index is 1610. The quantitative estimate of drug-likeness (QED) is 0.168. The van der Waals surface area contributed by atoms with Gasteiger partial charge in [-0.2, -0.15) is 0 Å². The van der Waals surface area contributed by atoms with Crippen LogP contribution in [0.15, 0.2) is 77.1 Å². The molecule has 4 bridgehead atoms. The molecule has 2 amide bonds. The van der Waals surface area contributed by atoms with Gasteiger partial charge in [0.05, 0.1) is 29.0 Å². The summed E-state index contributed by atoms with van der Waals surface area (Å²) in [6.45, 7) is 0.00913. The molecule has 5 aliphatic rings. The number of aliphatic hydroxyl groups excluding tert-OH is 1. The number of aliphatic hydroxyl groups is 1. The van der Waals surface area contributed by atoms with Crippen molar-refractivity contribution in [3.63, 3.8) is 0 Å². The molecular weight excluding hydrogens is 603 g/mol. The summed E-state index contributed by atoms with van der Waals surface area (Å²) >= 11 is 3.43. The van der Waals surface area contributed by atoms with E-state index in [-0.39, 0.29) is 30.4 Å². The molecule has 4 saturated carbocycles. The lowest BCUT2D eigenvalue weighted by molar-refractivity contribution is -0.245. The zero-order valence-corrected chi connectivity index (χ0v) is 26.8. The lowest BCUT2D eigenvalue weighted by Gasteiger charge is -2.56. The fourth-order valence-corrected chi connectivity index (χ4v) is 10.6. The van der Waals surface area contributed by atoms with Gasteiger partial charge < -0.3 is 25.2 Å². The van der Waals surface area contributed by atoms with Crippen LogP contribution in [0.5, 0.6) is 0 Å². The van der Waals surface area contributed by atoms with Crippen LogP contribution in [0.3, 0.4) is 0 Å². The number of benzene rings is 3. The van der Waals surface area contributed by atoms with Crippen LogP contribution in [0.2, 0.25) is 0 Å². The highest BCUT2D eigenvalue weighted by Crippen LogP contribution is 2.55. The fraction of sp³-hybridized carbons (Fsp3) is 0.444. The number of hydrogen-bond donors (Lipinski definition) is 3. The summed E-state index contributed by atoms with van der Waals surface area (Å²) in [5.74, 6) is 3.06. The number of fused-ring (bicyclic) bond motifs is 1. The Balaban J connectivity index is 0.978.